The minimum Gasteiger partial charge on any atom is -0.359 e. The monoisotopic (exact) mass is 278 g/mol. The summed E-state index contributed by atoms with van der Waals surface area (Å²) in [7, 11) is 0. The summed E-state index contributed by atoms with van der Waals surface area (Å²) in [6, 6.07) is 5.35. The van der Waals surface area contributed by atoms with E-state index < -0.39 is 0 Å². The molecule has 1 saturated carbocycles. The Morgan fingerprint density at radius 3 is 3.16 bits per heavy atom. The number of anilines is 1. The molecular formula is C15H19FN2S. The number of aromatic nitrogens is 1. The van der Waals surface area contributed by atoms with Gasteiger partial charge in [-0.25, -0.2) is 9.37 Å². The van der Waals surface area contributed by atoms with E-state index in [1.165, 1.54) is 44.2 Å². The summed E-state index contributed by atoms with van der Waals surface area (Å²) in [5, 5.41) is 4.47. The van der Waals surface area contributed by atoms with E-state index >= 15 is 0 Å². The third-order valence-corrected chi connectivity index (χ3v) is 5.00. The molecule has 2 unspecified atom stereocenters. The van der Waals surface area contributed by atoms with Crippen LogP contribution in [0, 0.1) is 11.7 Å². The minimum absolute atomic E-state index is 0.215. The summed E-state index contributed by atoms with van der Waals surface area (Å²) < 4.78 is 14.2. The molecule has 1 fully saturated rings. The molecule has 2 nitrogen and oxygen atoms in total. The number of fused-ring (bicyclic) bond motifs is 1. The first kappa shape index (κ1) is 12.9. The van der Waals surface area contributed by atoms with Gasteiger partial charge in [0.2, 0.25) is 0 Å². The molecule has 3 rings (SSSR count). The lowest BCUT2D eigenvalue weighted by Crippen LogP contribution is -2.26. The maximum atomic E-state index is 13.1. The zero-order chi connectivity index (χ0) is 13.2. The summed E-state index contributed by atoms with van der Waals surface area (Å²) in [4.78, 5) is 4.49. The first-order valence-electron chi connectivity index (χ1n) is 7.07. The van der Waals surface area contributed by atoms with Crippen LogP contribution >= 0.6 is 11.3 Å². The van der Waals surface area contributed by atoms with E-state index in [1.807, 2.05) is 6.07 Å². The number of halogens is 1. The fourth-order valence-electron chi connectivity index (χ4n) is 2.93. The van der Waals surface area contributed by atoms with Gasteiger partial charge >= 0.3 is 0 Å². The van der Waals surface area contributed by atoms with Gasteiger partial charge in [-0.05, 0) is 30.9 Å². The quantitative estimate of drug-likeness (QED) is 0.871. The van der Waals surface area contributed by atoms with E-state index in [1.54, 1.807) is 11.3 Å². The maximum absolute atomic E-state index is 13.1. The highest BCUT2D eigenvalue weighted by molar-refractivity contribution is 7.22. The van der Waals surface area contributed by atoms with Gasteiger partial charge in [0.1, 0.15) is 5.82 Å². The van der Waals surface area contributed by atoms with Crippen LogP contribution in [0.4, 0.5) is 9.52 Å². The Morgan fingerprint density at radius 1 is 1.42 bits per heavy atom. The Hall–Kier alpha value is -1.16. The minimum atomic E-state index is -0.215. The highest BCUT2D eigenvalue weighted by Crippen LogP contribution is 2.31. The average Bonchev–Trinajstić information content (AvgIpc) is 2.80. The van der Waals surface area contributed by atoms with E-state index in [0.717, 1.165) is 21.3 Å². The second-order valence-electron chi connectivity index (χ2n) is 5.41. The molecule has 0 saturated heterocycles. The van der Waals surface area contributed by atoms with Crippen LogP contribution in [0.25, 0.3) is 10.2 Å². The van der Waals surface area contributed by atoms with Gasteiger partial charge in [0, 0.05) is 12.1 Å². The smallest absolute Gasteiger partial charge is 0.184 e. The van der Waals surface area contributed by atoms with Crippen molar-refractivity contribution < 1.29 is 4.39 Å². The molecule has 0 aliphatic heterocycles. The topological polar surface area (TPSA) is 24.9 Å². The standard InChI is InChI=1S/C15H19FN2S/c1-2-10-4-3-5-12(8-10)17-15-18-13-9-11(16)6-7-14(13)19-15/h6-7,9-10,12H,2-5,8H2,1H3,(H,17,18). The van der Waals surface area contributed by atoms with Crippen LogP contribution in [0.15, 0.2) is 18.2 Å². The Morgan fingerprint density at radius 2 is 2.32 bits per heavy atom. The van der Waals surface area contributed by atoms with Gasteiger partial charge in [0.05, 0.1) is 10.2 Å². The second-order valence-corrected chi connectivity index (χ2v) is 6.44. The predicted molar refractivity (Wildman–Crippen MR) is 79.2 cm³/mol. The van der Waals surface area contributed by atoms with E-state index in [9.17, 15) is 4.39 Å². The molecule has 1 N–H and O–H groups in total. The molecule has 2 atom stereocenters. The number of hydrogen-bond acceptors (Lipinski definition) is 3. The molecule has 2 aromatic rings. The third kappa shape index (κ3) is 2.89. The number of thiazole rings is 1. The predicted octanol–water partition coefficient (Wildman–Crippen LogP) is 4.82. The van der Waals surface area contributed by atoms with Gasteiger partial charge < -0.3 is 5.32 Å². The highest BCUT2D eigenvalue weighted by atomic mass is 32.1. The van der Waals surface area contributed by atoms with Gasteiger partial charge in [-0.3, -0.25) is 0 Å². The molecule has 1 heterocycles. The van der Waals surface area contributed by atoms with Crippen molar-refractivity contribution in [1.82, 2.24) is 4.98 Å². The summed E-state index contributed by atoms with van der Waals surface area (Å²) in [6.07, 6.45) is 6.39. The average molecular weight is 278 g/mol. The first-order chi connectivity index (χ1) is 9.24. The summed E-state index contributed by atoms with van der Waals surface area (Å²) in [5.41, 5.74) is 0.760. The van der Waals surface area contributed by atoms with Gasteiger partial charge in [-0.2, -0.15) is 0 Å². The lowest BCUT2D eigenvalue weighted by Gasteiger charge is -2.28. The Kier molecular flexibility index (Phi) is 3.69. The molecule has 1 aliphatic carbocycles. The summed E-state index contributed by atoms with van der Waals surface area (Å²) in [5.74, 6) is 0.631. The largest absolute Gasteiger partial charge is 0.359 e. The molecule has 0 amide bonds. The zero-order valence-corrected chi connectivity index (χ0v) is 12.0. The third-order valence-electron chi connectivity index (χ3n) is 4.04. The number of rotatable bonds is 3. The van der Waals surface area contributed by atoms with Crippen molar-refractivity contribution in [3.05, 3.63) is 24.0 Å². The van der Waals surface area contributed by atoms with E-state index in [-0.39, 0.29) is 5.82 Å². The lowest BCUT2D eigenvalue weighted by molar-refractivity contribution is 0.327. The maximum Gasteiger partial charge on any atom is 0.184 e. The molecule has 0 spiro atoms. The van der Waals surface area contributed by atoms with Crippen molar-refractivity contribution in [2.75, 3.05) is 5.32 Å². The summed E-state index contributed by atoms with van der Waals surface area (Å²) >= 11 is 1.62. The zero-order valence-electron chi connectivity index (χ0n) is 11.2. The Labute approximate surface area is 117 Å². The van der Waals surface area contributed by atoms with E-state index in [0.29, 0.717) is 6.04 Å². The van der Waals surface area contributed by atoms with Crippen LogP contribution in [-0.4, -0.2) is 11.0 Å². The van der Waals surface area contributed by atoms with Crippen molar-refractivity contribution in [2.24, 2.45) is 5.92 Å². The van der Waals surface area contributed by atoms with E-state index in [2.05, 4.69) is 17.2 Å². The number of nitrogens with zero attached hydrogens (tertiary/aromatic N) is 1. The van der Waals surface area contributed by atoms with Crippen LogP contribution in [0.2, 0.25) is 0 Å². The summed E-state index contributed by atoms with van der Waals surface area (Å²) in [6.45, 7) is 2.27. The molecular weight excluding hydrogens is 259 g/mol. The SMILES string of the molecule is CCC1CCCC(Nc2nc3cc(F)ccc3s2)C1. The molecule has 0 radical (unpaired) electrons. The van der Waals surface area contributed by atoms with Crippen molar-refractivity contribution in [2.45, 2.75) is 45.1 Å². The van der Waals surface area contributed by atoms with Crippen LogP contribution in [0.1, 0.15) is 39.0 Å². The molecule has 1 aliphatic rings. The molecule has 1 aromatic carbocycles. The fourth-order valence-corrected chi connectivity index (χ4v) is 3.85. The molecule has 1 aromatic heterocycles. The van der Waals surface area contributed by atoms with Gasteiger partial charge in [0.25, 0.3) is 0 Å². The van der Waals surface area contributed by atoms with Crippen LogP contribution in [0.5, 0.6) is 0 Å². The van der Waals surface area contributed by atoms with Crippen LogP contribution in [0.3, 0.4) is 0 Å². The van der Waals surface area contributed by atoms with Crippen molar-refractivity contribution in [3.8, 4) is 0 Å². The van der Waals surface area contributed by atoms with Crippen LogP contribution in [-0.2, 0) is 0 Å². The lowest BCUT2D eigenvalue weighted by atomic mass is 9.84. The molecule has 4 heteroatoms. The van der Waals surface area contributed by atoms with Gasteiger partial charge in [0.15, 0.2) is 5.13 Å². The molecule has 19 heavy (non-hydrogen) atoms. The number of benzene rings is 1. The van der Waals surface area contributed by atoms with E-state index in [4.69, 9.17) is 0 Å². The van der Waals surface area contributed by atoms with Gasteiger partial charge in [-0.15, -0.1) is 0 Å². The molecule has 0 bridgehead atoms. The van der Waals surface area contributed by atoms with Crippen LogP contribution < -0.4 is 5.32 Å². The highest BCUT2D eigenvalue weighted by Gasteiger charge is 2.21. The Bertz CT molecular complexity index is 566. The second kappa shape index (κ2) is 5.45. The number of nitrogens with one attached hydrogen (secondary N) is 1. The van der Waals surface area contributed by atoms with Crippen molar-refractivity contribution in [3.63, 3.8) is 0 Å². The first-order valence-corrected chi connectivity index (χ1v) is 7.89. The van der Waals surface area contributed by atoms with Gasteiger partial charge in [-0.1, -0.05) is 37.5 Å². The van der Waals surface area contributed by atoms with Crippen molar-refractivity contribution >= 4 is 26.7 Å². The molecule has 102 valence electrons. The fraction of sp³-hybridized carbons (Fsp3) is 0.533. The normalized spacial score (nSPS) is 23.7. The number of hydrogen-bond donors (Lipinski definition) is 1. The van der Waals surface area contributed by atoms with Crippen molar-refractivity contribution in [1.29, 1.82) is 0 Å². The Balaban J connectivity index is 1.74.